The van der Waals surface area contributed by atoms with Gasteiger partial charge in [-0.25, -0.2) is 0 Å². The Kier molecular flexibility index (Phi) is 10.2. The third-order valence-electron chi connectivity index (χ3n) is 14.5. The predicted octanol–water partition coefficient (Wildman–Crippen LogP) is 17.3. The number of rotatable bonds is 7. The van der Waals surface area contributed by atoms with Crippen LogP contribution in [-0.2, 0) is 0 Å². The number of hydrogen-bond donors (Lipinski definition) is 0. The molecular formula is C66H50N4. The molecule has 12 aromatic rings. The van der Waals surface area contributed by atoms with Crippen LogP contribution in [0.5, 0.6) is 0 Å². The largest absolute Gasteiger partial charge is 0.308 e. The summed E-state index contributed by atoms with van der Waals surface area (Å²) in [6.45, 7) is 12.8. The quantitative estimate of drug-likeness (QED) is 0.160. The molecule has 334 valence electrons. The zero-order chi connectivity index (χ0) is 47.8. The zero-order valence-electron chi connectivity index (χ0n) is 40.3. The number of hydrogen-bond acceptors (Lipinski definition) is 2. The predicted molar refractivity (Wildman–Crippen MR) is 293 cm³/mol. The maximum Gasteiger partial charge on any atom is 0.104 e. The molecule has 4 heteroatoms. The van der Waals surface area contributed by atoms with Crippen LogP contribution in [0.1, 0.15) is 39.2 Å². The summed E-state index contributed by atoms with van der Waals surface area (Å²) in [5, 5.41) is 16.5. The number of aromatic nitrogens is 3. The molecule has 0 spiro atoms. The summed E-state index contributed by atoms with van der Waals surface area (Å²) in [5.41, 5.74) is 24.3. The monoisotopic (exact) mass is 898 g/mol. The molecule has 0 N–H and O–H groups in total. The number of aryl methyl sites for hydroxylation is 6. The number of pyridine rings is 1. The second-order valence-electron chi connectivity index (χ2n) is 19.0. The van der Waals surface area contributed by atoms with Crippen LogP contribution in [0.3, 0.4) is 0 Å². The van der Waals surface area contributed by atoms with Crippen molar-refractivity contribution in [3.05, 3.63) is 233 Å². The van der Waals surface area contributed by atoms with E-state index >= 15 is 0 Å². The van der Waals surface area contributed by atoms with Crippen molar-refractivity contribution in [1.82, 2.24) is 14.1 Å². The topological polar surface area (TPSA) is 46.5 Å². The molecule has 0 aliphatic rings. The van der Waals surface area contributed by atoms with Crippen LogP contribution in [-0.4, -0.2) is 14.1 Å². The number of nitrogens with zero attached hydrogens (tertiary/aromatic N) is 4. The first-order valence-corrected chi connectivity index (χ1v) is 24.1. The van der Waals surface area contributed by atoms with E-state index in [0.29, 0.717) is 5.56 Å². The average Bonchev–Trinajstić information content (AvgIpc) is 3.87. The van der Waals surface area contributed by atoms with Gasteiger partial charge >= 0.3 is 0 Å². The van der Waals surface area contributed by atoms with E-state index in [1.807, 2.05) is 0 Å². The van der Waals surface area contributed by atoms with E-state index in [1.165, 1.54) is 44.5 Å². The van der Waals surface area contributed by atoms with Crippen LogP contribution < -0.4 is 0 Å². The van der Waals surface area contributed by atoms with Gasteiger partial charge in [-0.05, 0) is 168 Å². The van der Waals surface area contributed by atoms with Crippen molar-refractivity contribution in [1.29, 1.82) is 5.26 Å². The van der Waals surface area contributed by atoms with Gasteiger partial charge in [-0.15, -0.1) is 0 Å². The summed E-state index contributed by atoms with van der Waals surface area (Å²) in [5.74, 6) is 0. The molecular weight excluding hydrogens is 849 g/mol. The highest BCUT2D eigenvalue weighted by Crippen LogP contribution is 2.44. The Morgan fingerprint density at radius 2 is 0.614 bits per heavy atom. The molecule has 0 saturated carbocycles. The summed E-state index contributed by atoms with van der Waals surface area (Å²) in [4.78, 5) is 4.82. The molecule has 4 nitrogen and oxygen atoms in total. The van der Waals surface area contributed by atoms with Crippen molar-refractivity contribution in [3.8, 4) is 73.1 Å². The third-order valence-corrected chi connectivity index (χ3v) is 14.5. The summed E-state index contributed by atoms with van der Waals surface area (Å²) in [7, 11) is 0. The lowest BCUT2D eigenvalue weighted by molar-refractivity contribution is 1.11. The van der Waals surface area contributed by atoms with E-state index in [-0.39, 0.29) is 0 Å². The Balaban J connectivity index is 1.25. The van der Waals surface area contributed by atoms with Gasteiger partial charge in [0.25, 0.3) is 0 Å². The SMILES string of the molecule is Cc1cc(-c2cc(-n3c4cc(-c5ccccc5C)ccc4c4ccc(-c5ccccc5C)cc43)c(C#N)c(-n3c4cc(-c5ccccc5C)ccc4c4ccc(-c5ccccc5C)cc43)c2)cc(C)n1. The van der Waals surface area contributed by atoms with Crippen molar-refractivity contribution in [2.45, 2.75) is 41.5 Å². The van der Waals surface area contributed by atoms with Gasteiger partial charge in [0, 0.05) is 32.9 Å². The fourth-order valence-corrected chi connectivity index (χ4v) is 11.1. The lowest BCUT2D eigenvalue weighted by atomic mass is 9.98. The van der Waals surface area contributed by atoms with Crippen LogP contribution in [0.25, 0.3) is 111 Å². The lowest BCUT2D eigenvalue weighted by Gasteiger charge is -2.19. The molecule has 12 rings (SSSR count). The van der Waals surface area contributed by atoms with Crippen LogP contribution >= 0.6 is 0 Å². The van der Waals surface area contributed by atoms with Gasteiger partial charge in [0.2, 0.25) is 0 Å². The van der Waals surface area contributed by atoms with Gasteiger partial charge in [-0.3, -0.25) is 4.98 Å². The Hall–Kier alpha value is -8.78. The van der Waals surface area contributed by atoms with E-state index in [9.17, 15) is 5.26 Å². The average molecular weight is 899 g/mol. The Bertz CT molecular complexity index is 3690. The molecule has 0 fully saturated rings. The third kappa shape index (κ3) is 7.01. The van der Waals surface area contributed by atoms with E-state index in [1.54, 1.807) is 0 Å². The lowest BCUT2D eigenvalue weighted by Crippen LogP contribution is -2.06. The first kappa shape index (κ1) is 42.6. The molecule has 0 atom stereocenters. The van der Waals surface area contributed by atoms with E-state index in [0.717, 1.165) is 99.8 Å². The van der Waals surface area contributed by atoms with Crippen molar-refractivity contribution in [2.24, 2.45) is 0 Å². The van der Waals surface area contributed by atoms with Gasteiger partial charge in [-0.1, -0.05) is 146 Å². The molecule has 3 aromatic heterocycles. The normalized spacial score (nSPS) is 11.6. The smallest absolute Gasteiger partial charge is 0.104 e. The highest BCUT2D eigenvalue weighted by molar-refractivity contribution is 6.13. The molecule has 0 radical (unpaired) electrons. The highest BCUT2D eigenvalue weighted by Gasteiger charge is 2.25. The highest BCUT2D eigenvalue weighted by atomic mass is 15.0. The minimum Gasteiger partial charge on any atom is -0.308 e. The second kappa shape index (κ2) is 16.8. The van der Waals surface area contributed by atoms with Crippen LogP contribution in [0.15, 0.2) is 194 Å². The second-order valence-corrected chi connectivity index (χ2v) is 19.0. The van der Waals surface area contributed by atoms with Gasteiger partial charge in [0.05, 0.1) is 33.4 Å². The molecule has 0 bridgehead atoms. The van der Waals surface area contributed by atoms with Gasteiger partial charge < -0.3 is 9.13 Å². The van der Waals surface area contributed by atoms with Crippen molar-refractivity contribution >= 4 is 43.6 Å². The Labute approximate surface area is 409 Å². The molecule has 0 aliphatic carbocycles. The molecule has 9 aromatic carbocycles. The summed E-state index contributed by atoms with van der Waals surface area (Å²) < 4.78 is 4.73. The fraction of sp³-hybridized carbons (Fsp3) is 0.0909. The standard InChI is InChI=1S/C66H50N4/c1-40-15-7-11-19-52(40)46-23-27-56-57-28-24-47(53-20-12-8-16-41(53)2)34-62(57)69(61(56)33-46)65-37-51(50-31-44(5)68-45(6)32-50)38-66(60(65)39-67)70-63-35-48(54-21-13-9-17-42(54)3)25-29-58(63)59-30-26-49(36-64(59)70)55-22-14-10-18-43(55)4/h7-38H,1-6H3. The maximum absolute atomic E-state index is 12.0. The van der Waals surface area contributed by atoms with E-state index in [2.05, 4.69) is 251 Å². The van der Waals surface area contributed by atoms with Crippen molar-refractivity contribution in [3.63, 3.8) is 0 Å². The first-order chi connectivity index (χ1) is 34.1. The van der Waals surface area contributed by atoms with E-state index in [4.69, 9.17) is 4.98 Å². The number of benzene rings is 9. The summed E-state index contributed by atoms with van der Waals surface area (Å²) >= 11 is 0. The molecule has 70 heavy (non-hydrogen) atoms. The zero-order valence-corrected chi connectivity index (χ0v) is 40.3. The maximum atomic E-state index is 12.0. The first-order valence-electron chi connectivity index (χ1n) is 24.1. The molecule has 0 unspecified atom stereocenters. The fourth-order valence-electron chi connectivity index (χ4n) is 11.1. The Morgan fingerprint density at radius 1 is 0.329 bits per heavy atom. The van der Waals surface area contributed by atoms with E-state index < -0.39 is 0 Å². The summed E-state index contributed by atoms with van der Waals surface area (Å²) in [6.07, 6.45) is 0. The molecule has 3 heterocycles. The van der Waals surface area contributed by atoms with Crippen LogP contribution in [0.4, 0.5) is 0 Å². The molecule has 0 amide bonds. The molecule has 0 saturated heterocycles. The van der Waals surface area contributed by atoms with Crippen molar-refractivity contribution < 1.29 is 0 Å². The van der Waals surface area contributed by atoms with Gasteiger partial charge in [0.1, 0.15) is 11.6 Å². The molecule has 0 aliphatic heterocycles. The minimum absolute atomic E-state index is 0.578. The Morgan fingerprint density at radius 3 is 0.900 bits per heavy atom. The van der Waals surface area contributed by atoms with Crippen molar-refractivity contribution in [2.75, 3.05) is 0 Å². The van der Waals surface area contributed by atoms with Gasteiger partial charge in [-0.2, -0.15) is 5.26 Å². The van der Waals surface area contributed by atoms with Crippen LogP contribution in [0, 0.1) is 52.9 Å². The van der Waals surface area contributed by atoms with Gasteiger partial charge in [0.15, 0.2) is 0 Å². The number of nitriles is 1. The van der Waals surface area contributed by atoms with Crippen LogP contribution in [0.2, 0.25) is 0 Å². The minimum atomic E-state index is 0.578. The number of fused-ring (bicyclic) bond motifs is 6. The summed E-state index contributed by atoms with van der Waals surface area (Å²) in [6, 6.07) is 73.3.